The molecular weight excluding hydrogens is 404 g/mol. The number of fused-ring (bicyclic) bond motifs is 1. The maximum absolute atomic E-state index is 12.5. The van der Waals surface area contributed by atoms with Crippen molar-refractivity contribution in [1.82, 2.24) is 19.9 Å². The second-order valence-corrected chi connectivity index (χ2v) is 8.87. The van der Waals surface area contributed by atoms with Crippen LogP contribution in [0.5, 0.6) is 0 Å². The molecule has 2 fully saturated rings. The molecule has 1 amide bonds. The van der Waals surface area contributed by atoms with Gasteiger partial charge in [0.2, 0.25) is 0 Å². The van der Waals surface area contributed by atoms with E-state index >= 15 is 0 Å². The number of aromatic nitrogens is 3. The fourth-order valence-electron chi connectivity index (χ4n) is 4.41. The van der Waals surface area contributed by atoms with Crippen LogP contribution in [0.1, 0.15) is 54.4 Å². The molecule has 2 saturated carbocycles. The Kier molecular flexibility index (Phi) is 5.70. The van der Waals surface area contributed by atoms with Crippen LogP contribution in [0.4, 0.5) is 11.6 Å². The predicted octanol–water partition coefficient (Wildman–Crippen LogP) is 3.36. The molecule has 0 unspecified atom stereocenters. The average Bonchev–Trinajstić information content (AvgIpc) is 3.26. The summed E-state index contributed by atoms with van der Waals surface area (Å²) >= 11 is 0. The molecule has 0 atom stereocenters. The van der Waals surface area contributed by atoms with Gasteiger partial charge in [-0.3, -0.25) is 4.79 Å². The van der Waals surface area contributed by atoms with Gasteiger partial charge in [-0.2, -0.15) is 9.61 Å². The number of anilines is 2. The first-order valence-corrected chi connectivity index (χ1v) is 11.5. The van der Waals surface area contributed by atoms with E-state index in [1.54, 1.807) is 4.52 Å². The highest BCUT2D eigenvalue weighted by Crippen LogP contribution is 2.30. The minimum absolute atomic E-state index is 0.00641. The molecule has 0 spiro atoms. The van der Waals surface area contributed by atoms with Crippen LogP contribution in [0, 0.1) is 6.92 Å². The minimum atomic E-state index is -0.00641. The number of carbonyl (C=O) groups excluding carboxylic acids is 1. The second kappa shape index (κ2) is 8.78. The Balaban J connectivity index is 1.50. The van der Waals surface area contributed by atoms with Crippen molar-refractivity contribution >= 4 is 23.2 Å². The van der Waals surface area contributed by atoms with E-state index in [1.165, 1.54) is 12.8 Å². The van der Waals surface area contributed by atoms with Gasteiger partial charge in [-0.25, -0.2) is 4.98 Å². The van der Waals surface area contributed by atoms with Gasteiger partial charge in [0.25, 0.3) is 5.91 Å². The van der Waals surface area contributed by atoms with Crippen LogP contribution in [-0.4, -0.2) is 50.8 Å². The number of benzene rings is 1. The summed E-state index contributed by atoms with van der Waals surface area (Å²) in [5.41, 5.74) is 4.25. The molecule has 4 N–H and O–H groups in total. The van der Waals surface area contributed by atoms with Crippen molar-refractivity contribution in [2.75, 3.05) is 23.8 Å². The Bertz CT molecular complexity index is 1130. The molecule has 32 heavy (non-hydrogen) atoms. The summed E-state index contributed by atoms with van der Waals surface area (Å²) in [7, 11) is 0. The lowest BCUT2D eigenvalue weighted by molar-refractivity contribution is 0.0950. The SMILES string of the molecule is Cc1cc(-c2cnn3c(NCCO)cc(NC4CCCC4)nc23)ccc1C(=O)NC1CC1. The van der Waals surface area contributed by atoms with Crippen LogP contribution in [0.15, 0.2) is 30.5 Å². The normalized spacial score (nSPS) is 16.4. The minimum Gasteiger partial charge on any atom is -0.395 e. The Labute approximate surface area is 187 Å². The van der Waals surface area contributed by atoms with Gasteiger partial charge in [0.1, 0.15) is 11.6 Å². The van der Waals surface area contributed by atoms with Crippen LogP contribution in [0.25, 0.3) is 16.8 Å². The van der Waals surface area contributed by atoms with Crippen LogP contribution >= 0.6 is 0 Å². The lowest BCUT2D eigenvalue weighted by Gasteiger charge is -2.15. The van der Waals surface area contributed by atoms with Gasteiger partial charge in [0.15, 0.2) is 5.65 Å². The Hall–Kier alpha value is -3.13. The molecule has 3 aromatic rings. The van der Waals surface area contributed by atoms with Crippen molar-refractivity contribution in [3.05, 3.63) is 41.6 Å². The van der Waals surface area contributed by atoms with Crippen molar-refractivity contribution in [3.8, 4) is 11.1 Å². The van der Waals surface area contributed by atoms with Crippen molar-refractivity contribution in [3.63, 3.8) is 0 Å². The van der Waals surface area contributed by atoms with Gasteiger partial charge in [0, 0.05) is 35.8 Å². The van der Waals surface area contributed by atoms with E-state index in [4.69, 9.17) is 4.98 Å². The zero-order valence-corrected chi connectivity index (χ0v) is 18.4. The first-order chi connectivity index (χ1) is 15.6. The van der Waals surface area contributed by atoms with Crippen molar-refractivity contribution in [2.24, 2.45) is 0 Å². The number of aliphatic hydroxyl groups excluding tert-OH is 1. The molecule has 0 saturated heterocycles. The van der Waals surface area contributed by atoms with Gasteiger partial charge in [-0.1, -0.05) is 25.0 Å². The van der Waals surface area contributed by atoms with E-state index < -0.39 is 0 Å². The Morgan fingerprint density at radius 1 is 1.16 bits per heavy atom. The molecule has 0 aliphatic heterocycles. The summed E-state index contributed by atoms with van der Waals surface area (Å²) in [4.78, 5) is 17.4. The molecule has 5 rings (SSSR count). The molecule has 2 heterocycles. The number of nitrogens with one attached hydrogen (secondary N) is 3. The standard InChI is InChI=1S/C24H30N6O2/c1-15-12-16(6-9-19(15)24(32)28-18-7-8-18)20-14-26-30-22(25-10-11-31)13-21(29-23(20)30)27-17-4-2-3-5-17/h6,9,12-14,17-18,25,31H,2-5,7-8,10-11H2,1H3,(H,27,29)(H,28,32). The fraction of sp³-hybridized carbons (Fsp3) is 0.458. The summed E-state index contributed by atoms with van der Waals surface area (Å²) < 4.78 is 1.77. The first-order valence-electron chi connectivity index (χ1n) is 11.5. The monoisotopic (exact) mass is 434 g/mol. The largest absolute Gasteiger partial charge is 0.395 e. The number of hydrogen-bond donors (Lipinski definition) is 4. The summed E-state index contributed by atoms with van der Waals surface area (Å²) in [5, 5.41) is 23.7. The second-order valence-electron chi connectivity index (χ2n) is 8.87. The van der Waals surface area contributed by atoms with Crippen LogP contribution < -0.4 is 16.0 Å². The number of aliphatic hydroxyl groups is 1. The van der Waals surface area contributed by atoms with E-state index in [1.807, 2.05) is 37.4 Å². The maximum atomic E-state index is 12.5. The third kappa shape index (κ3) is 4.27. The maximum Gasteiger partial charge on any atom is 0.251 e. The number of amides is 1. The molecule has 1 aromatic carbocycles. The number of nitrogens with zero attached hydrogens (tertiary/aromatic N) is 3. The molecule has 0 radical (unpaired) electrons. The van der Waals surface area contributed by atoms with E-state index in [-0.39, 0.29) is 12.5 Å². The molecule has 2 aliphatic rings. The van der Waals surface area contributed by atoms with Crippen molar-refractivity contribution < 1.29 is 9.90 Å². The van der Waals surface area contributed by atoms with Crippen LogP contribution in [0.2, 0.25) is 0 Å². The Morgan fingerprint density at radius 2 is 1.97 bits per heavy atom. The van der Waals surface area contributed by atoms with Gasteiger partial charge in [0.05, 0.1) is 12.8 Å². The van der Waals surface area contributed by atoms with Crippen molar-refractivity contribution in [1.29, 1.82) is 0 Å². The highest BCUT2D eigenvalue weighted by molar-refractivity contribution is 5.97. The number of rotatable bonds is 8. The molecular formula is C24H30N6O2. The molecule has 8 heteroatoms. The molecule has 2 aromatic heterocycles. The topological polar surface area (TPSA) is 104 Å². The summed E-state index contributed by atoms with van der Waals surface area (Å²) in [6.45, 7) is 2.43. The zero-order valence-electron chi connectivity index (χ0n) is 18.4. The number of hydrogen-bond acceptors (Lipinski definition) is 6. The smallest absolute Gasteiger partial charge is 0.251 e. The third-order valence-corrected chi connectivity index (χ3v) is 6.29. The lowest BCUT2D eigenvalue weighted by atomic mass is 10.0. The van der Waals surface area contributed by atoms with Gasteiger partial charge in [-0.05, 0) is 49.8 Å². The highest BCUT2D eigenvalue weighted by Gasteiger charge is 2.24. The van der Waals surface area contributed by atoms with E-state index in [0.717, 1.165) is 59.7 Å². The highest BCUT2D eigenvalue weighted by atomic mass is 16.3. The lowest BCUT2D eigenvalue weighted by Crippen LogP contribution is -2.26. The van der Waals surface area contributed by atoms with Gasteiger partial charge in [-0.15, -0.1) is 0 Å². The fourth-order valence-corrected chi connectivity index (χ4v) is 4.41. The predicted molar refractivity (Wildman–Crippen MR) is 125 cm³/mol. The zero-order chi connectivity index (χ0) is 22.1. The van der Waals surface area contributed by atoms with Gasteiger partial charge < -0.3 is 21.1 Å². The molecule has 2 aliphatic carbocycles. The van der Waals surface area contributed by atoms with E-state index in [0.29, 0.717) is 24.2 Å². The quantitative estimate of drug-likeness (QED) is 0.434. The third-order valence-electron chi connectivity index (χ3n) is 6.29. The summed E-state index contributed by atoms with van der Waals surface area (Å²) in [5.74, 6) is 1.59. The van der Waals surface area contributed by atoms with Crippen LogP contribution in [0.3, 0.4) is 0 Å². The summed E-state index contributed by atoms with van der Waals surface area (Å²) in [6.07, 6.45) is 8.75. The van der Waals surface area contributed by atoms with Crippen molar-refractivity contribution in [2.45, 2.75) is 57.5 Å². The van der Waals surface area contributed by atoms with Gasteiger partial charge >= 0.3 is 0 Å². The molecule has 0 bridgehead atoms. The number of aryl methyl sites for hydroxylation is 1. The van der Waals surface area contributed by atoms with E-state index in [9.17, 15) is 9.90 Å². The number of carbonyl (C=O) groups is 1. The summed E-state index contributed by atoms with van der Waals surface area (Å²) in [6, 6.07) is 8.60. The van der Waals surface area contributed by atoms with Crippen LogP contribution in [-0.2, 0) is 0 Å². The Morgan fingerprint density at radius 3 is 2.69 bits per heavy atom. The first kappa shape index (κ1) is 20.8. The van der Waals surface area contributed by atoms with E-state index in [2.05, 4.69) is 21.0 Å². The molecule has 8 nitrogen and oxygen atoms in total. The average molecular weight is 435 g/mol. The molecule has 168 valence electrons.